The quantitative estimate of drug-likeness (QED) is 0.764. The maximum atomic E-state index is 6.85. The first-order valence-corrected chi connectivity index (χ1v) is 11.5. The second kappa shape index (κ2) is 4.50. The van der Waals surface area contributed by atoms with E-state index in [9.17, 15) is 0 Å². The van der Waals surface area contributed by atoms with E-state index in [1.807, 2.05) is 0 Å². The van der Waals surface area contributed by atoms with E-state index in [-0.39, 0.29) is 5.60 Å². The van der Waals surface area contributed by atoms with E-state index < -0.39 is 8.32 Å². The molecule has 0 bridgehead atoms. The molecule has 1 aromatic rings. The van der Waals surface area contributed by atoms with E-state index in [1.54, 1.807) is 0 Å². The normalized spacial score (nSPS) is 37.2. The summed E-state index contributed by atoms with van der Waals surface area (Å²) in [6.45, 7) is 7.82. The summed E-state index contributed by atoms with van der Waals surface area (Å²) in [6, 6.07) is 9.19. The smallest absolute Gasteiger partial charge is 0.184 e. The Balaban J connectivity index is 1.78. The minimum Gasteiger partial charge on any atom is -0.409 e. The van der Waals surface area contributed by atoms with Crippen molar-refractivity contribution >= 4 is 8.32 Å². The van der Waals surface area contributed by atoms with Crippen LogP contribution in [0.5, 0.6) is 0 Å². The molecule has 1 fully saturated rings. The maximum absolute atomic E-state index is 6.85. The third kappa shape index (κ3) is 2.11. The van der Waals surface area contributed by atoms with Gasteiger partial charge in [-0.15, -0.1) is 0 Å². The molecule has 1 saturated carbocycles. The number of benzene rings is 1. The molecule has 0 unspecified atom stereocenters. The Morgan fingerprint density at radius 1 is 1.19 bits per heavy atom. The first kappa shape index (κ1) is 13.6. The van der Waals surface area contributed by atoms with Gasteiger partial charge in [-0.25, -0.2) is 0 Å². The van der Waals surface area contributed by atoms with E-state index in [1.165, 1.54) is 17.5 Å². The number of rotatable bonds is 2. The molecular formula is C17H24N2OSi. The van der Waals surface area contributed by atoms with Crippen molar-refractivity contribution in [3.05, 3.63) is 35.4 Å². The highest BCUT2D eigenvalue weighted by Gasteiger charge is 2.60. The van der Waals surface area contributed by atoms with Crippen LogP contribution in [0.1, 0.15) is 17.5 Å². The van der Waals surface area contributed by atoms with Gasteiger partial charge in [0, 0.05) is 12.3 Å². The second-order valence-electron chi connectivity index (χ2n) is 7.90. The van der Waals surface area contributed by atoms with Crippen molar-refractivity contribution in [2.75, 3.05) is 6.54 Å². The highest BCUT2D eigenvalue weighted by atomic mass is 28.4. The van der Waals surface area contributed by atoms with Gasteiger partial charge in [-0.05, 0) is 49.5 Å². The van der Waals surface area contributed by atoms with E-state index in [2.05, 4.69) is 54.1 Å². The Kier molecular flexibility index (Phi) is 2.92. The van der Waals surface area contributed by atoms with Crippen molar-refractivity contribution < 1.29 is 4.43 Å². The predicted octanol–water partition coefficient (Wildman–Crippen LogP) is 3.85. The number of nitrogens with zero attached hydrogens (tertiary/aromatic N) is 2. The Morgan fingerprint density at radius 3 is 2.71 bits per heavy atom. The first-order valence-electron chi connectivity index (χ1n) is 8.11. The molecule has 4 heteroatoms. The van der Waals surface area contributed by atoms with Crippen LogP contribution < -0.4 is 0 Å². The van der Waals surface area contributed by atoms with Gasteiger partial charge in [0.05, 0.1) is 12.1 Å². The van der Waals surface area contributed by atoms with Gasteiger partial charge in [0.15, 0.2) is 8.32 Å². The van der Waals surface area contributed by atoms with Crippen molar-refractivity contribution in [3.63, 3.8) is 0 Å². The van der Waals surface area contributed by atoms with Crippen LogP contribution in [-0.4, -0.2) is 26.5 Å². The summed E-state index contributed by atoms with van der Waals surface area (Å²) < 4.78 is 6.85. The zero-order valence-electron chi connectivity index (χ0n) is 13.2. The monoisotopic (exact) mass is 300 g/mol. The summed E-state index contributed by atoms with van der Waals surface area (Å²) in [5.74, 6) is 1.23. The van der Waals surface area contributed by atoms with Crippen molar-refractivity contribution in [2.24, 2.45) is 22.1 Å². The van der Waals surface area contributed by atoms with Gasteiger partial charge < -0.3 is 4.43 Å². The minimum atomic E-state index is -1.62. The summed E-state index contributed by atoms with van der Waals surface area (Å²) in [4.78, 5) is 0. The van der Waals surface area contributed by atoms with Crippen LogP contribution in [-0.2, 0) is 17.3 Å². The molecule has 2 aliphatic carbocycles. The molecule has 0 aromatic heterocycles. The molecular weight excluding hydrogens is 276 g/mol. The Morgan fingerprint density at radius 2 is 1.95 bits per heavy atom. The molecule has 1 aromatic carbocycles. The number of fused-ring (bicyclic) bond motifs is 4. The van der Waals surface area contributed by atoms with Crippen LogP contribution in [0.25, 0.3) is 0 Å². The molecule has 3 nitrogen and oxygen atoms in total. The van der Waals surface area contributed by atoms with Crippen molar-refractivity contribution in [1.29, 1.82) is 0 Å². The van der Waals surface area contributed by atoms with Gasteiger partial charge in [0.2, 0.25) is 0 Å². The van der Waals surface area contributed by atoms with Crippen LogP contribution >= 0.6 is 0 Å². The average molecular weight is 300 g/mol. The van der Waals surface area contributed by atoms with Crippen LogP contribution in [0.4, 0.5) is 0 Å². The van der Waals surface area contributed by atoms with Crippen molar-refractivity contribution in [1.82, 2.24) is 0 Å². The molecule has 1 heterocycles. The van der Waals surface area contributed by atoms with Crippen LogP contribution in [0.15, 0.2) is 34.5 Å². The lowest BCUT2D eigenvalue weighted by atomic mass is 9.73. The average Bonchev–Trinajstić information content (AvgIpc) is 2.95. The predicted molar refractivity (Wildman–Crippen MR) is 86.1 cm³/mol. The zero-order valence-corrected chi connectivity index (χ0v) is 14.2. The van der Waals surface area contributed by atoms with E-state index in [4.69, 9.17) is 4.43 Å². The minimum absolute atomic E-state index is 0.0799. The highest BCUT2D eigenvalue weighted by Crippen LogP contribution is 2.53. The van der Waals surface area contributed by atoms with Crippen LogP contribution in [0, 0.1) is 11.8 Å². The number of azo groups is 1. The van der Waals surface area contributed by atoms with Gasteiger partial charge >= 0.3 is 0 Å². The standard InChI is InChI=1S/C17H24N2OSi/c1-21(2,3)20-17-10-13-7-5-4-6-12(13)8-15(17)9-14-11-18-19-16(14)17/h4-7,14-16H,8-11H2,1-3H3/t14-,15-,16+,17-/m0/s1. The molecule has 0 radical (unpaired) electrons. The Labute approximate surface area is 127 Å². The number of hydrogen-bond donors (Lipinski definition) is 0. The molecule has 112 valence electrons. The largest absolute Gasteiger partial charge is 0.409 e. The highest BCUT2D eigenvalue weighted by molar-refractivity contribution is 6.69. The Bertz CT molecular complexity index is 595. The van der Waals surface area contributed by atoms with Crippen LogP contribution in [0.3, 0.4) is 0 Å². The maximum Gasteiger partial charge on any atom is 0.184 e. The molecule has 0 saturated heterocycles. The first-order chi connectivity index (χ1) is 9.98. The lowest BCUT2D eigenvalue weighted by Gasteiger charge is -2.46. The number of hydrogen-bond acceptors (Lipinski definition) is 3. The fourth-order valence-corrected chi connectivity index (χ4v) is 6.19. The molecule has 4 rings (SSSR count). The third-order valence-corrected chi connectivity index (χ3v) is 6.29. The van der Waals surface area contributed by atoms with Crippen molar-refractivity contribution in [3.8, 4) is 0 Å². The third-order valence-electron chi connectivity index (χ3n) is 5.30. The lowest BCUT2D eigenvalue weighted by molar-refractivity contribution is 0.000738. The summed E-state index contributed by atoms with van der Waals surface area (Å²) in [5.41, 5.74) is 2.91. The van der Waals surface area contributed by atoms with Gasteiger partial charge in [-0.2, -0.15) is 10.2 Å². The Hall–Kier alpha value is -1.00. The topological polar surface area (TPSA) is 34.0 Å². The van der Waals surface area contributed by atoms with Crippen molar-refractivity contribution in [2.45, 2.75) is 50.5 Å². The molecule has 0 amide bonds. The molecule has 3 aliphatic rings. The van der Waals surface area contributed by atoms with Gasteiger partial charge in [-0.3, -0.25) is 0 Å². The SMILES string of the molecule is C[Si](C)(C)O[C@@]12Cc3ccccc3C[C@H]1C[C@H]1CN=N[C@H]12. The van der Waals surface area contributed by atoms with Gasteiger partial charge in [-0.1, -0.05) is 24.3 Å². The second-order valence-corrected chi connectivity index (χ2v) is 12.3. The molecule has 0 spiro atoms. The van der Waals surface area contributed by atoms with Gasteiger partial charge in [0.1, 0.15) is 6.04 Å². The van der Waals surface area contributed by atoms with E-state index >= 15 is 0 Å². The molecule has 0 N–H and O–H groups in total. The zero-order chi connectivity index (χ0) is 14.7. The van der Waals surface area contributed by atoms with E-state index in [0.29, 0.717) is 17.9 Å². The summed E-state index contributed by atoms with van der Waals surface area (Å²) in [5, 5.41) is 8.98. The summed E-state index contributed by atoms with van der Waals surface area (Å²) in [7, 11) is -1.62. The van der Waals surface area contributed by atoms with E-state index in [0.717, 1.165) is 19.4 Å². The summed E-state index contributed by atoms with van der Waals surface area (Å²) >= 11 is 0. The fraction of sp³-hybridized carbons (Fsp3) is 0.647. The van der Waals surface area contributed by atoms with Gasteiger partial charge in [0.25, 0.3) is 0 Å². The van der Waals surface area contributed by atoms with Crippen LogP contribution in [0.2, 0.25) is 19.6 Å². The fourth-order valence-electron chi connectivity index (χ4n) is 4.69. The molecule has 21 heavy (non-hydrogen) atoms. The lowest BCUT2D eigenvalue weighted by Crippen LogP contribution is -2.55. The molecule has 1 aliphatic heterocycles. The molecule has 4 atom stereocenters. The summed E-state index contributed by atoms with van der Waals surface area (Å²) in [6.07, 6.45) is 3.41.